The predicted octanol–water partition coefficient (Wildman–Crippen LogP) is 1.34. The standard InChI is InChI=1S/C27H42N12O8P2S2Si/c1-12-15-13(45-24(12)39-11-33-18-22(39)34-26(29)35-23(18)40)7-43-49(42,51)37-16-14(8-44-48(41,50)36-15)46-25(19(16)47-52(5,6)27(2,3)4)38-10-32-17-20(28)30-9-31-21(17)38/h9-16,19,24-25H,7-8H2,1-6H3,(H2,28,30,31)(H2,36,41,50)(H2,37,42,51)(H3,29,34,35,40)/t12-,13-,14-,15+,16-,19-,24-,25-,48?,49?/m1/s1. The minimum Gasteiger partial charge on any atom is -0.408 e. The number of nitrogens with zero attached hydrogens (tertiary/aromatic N) is 7. The molecule has 52 heavy (non-hydrogen) atoms. The molecule has 9 N–H and O–H groups in total. The lowest BCUT2D eigenvalue weighted by molar-refractivity contribution is -0.0437. The molecule has 3 aliphatic heterocycles. The van der Waals surface area contributed by atoms with E-state index in [1.807, 2.05) is 6.92 Å². The van der Waals surface area contributed by atoms with Crippen LogP contribution in [-0.2, 0) is 46.6 Å². The number of nitrogen functional groups attached to an aromatic ring is 2. The third kappa shape index (κ3) is 7.01. The Balaban J connectivity index is 1.23. The van der Waals surface area contributed by atoms with Gasteiger partial charge in [-0.15, -0.1) is 0 Å². The van der Waals surface area contributed by atoms with Gasteiger partial charge in [-0.3, -0.25) is 18.9 Å². The Bertz CT molecular complexity index is 2170. The Kier molecular flexibility index (Phi) is 9.81. The normalized spacial score (nSPS) is 34.9. The third-order valence-corrected chi connectivity index (χ3v) is 18.1. The van der Waals surface area contributed by atoms with Crippen LogP contribution in [0.3, 0.4) is 0 Å². The summed E-state index contributed by atoms with van der Waals surface area (Å²) in [6, 6.07) is -1.49. The maximum absolute atomic E-state index is 12.5. The summed E-state index contributed by atoms with van der Waals surface area (Å²) in [6.07, 6.45) is 0.225. The van der Waals surface area contributed by atoms with Gasteiger partial charge in [-0.2, -0.15) is 4.98 Å². The number of hydrogen-bond donors (Lipinski definition) is 7. The Morgan fingerprint density at radius 2 is 1.50 bits per heavy atom. The zero-order valence-corrected chi connectivity index (χ0v) is 33.5. The first kappa shape index (κ1) is 38.0. The maximum Gasteiger partial charge on any atom is 0.280 e. The lowest BCUT2D eigenvalue weighted by Gasteiger charge is -2.41. The van der Waals surface area contributed by atoms with Gasteiger partial charge in [0, 0.05) is 5.92 Å². The van der Waals surface area contributed by atoms with Gasteiger partial charge in [-0.05, 0) is 41.7 Å². The number of imidazole rings is 2. The molecule has 7 heterocycles. The molecule has 3 saturated heterocycles. The second-order valence-electron chi connectivity index (χ2n) is 14.6. The molecule has 0 radical (unpaired) electrons. The van der Waals surface area contributed by atoms with E-state index in [-0.39, 0.29) is 41.2 Å². The molecule has 0 bridgehead atoms. The number of ether oxygens (including phenoxy) is 2. The number of nitrogens with one attached hydrogen (secondary N) is 3. The van der Waals surface area contributed by atoms with Crippen molar-refractivity contribution in [3.8, 4) is 0 Å². The molecular formula is C27H42N12O8P2S2Si. The number of nitrogens with two attached hydrogens (primary N) is 2. The van der Waals surface area contributed by atoms with E-state index >= 15 is 0 Å². The van der Waals surface area contributed by atoms with Gasteiger partial charge in [0.25, 0.3) is 18.8 Å². The fourth-order valence-electron chi connectivity index (χ4n) is 6.45. The van der Waals surface area contributed by atoms with Crippen LogP contribution < -0.4 is 27.2 Å². The van der Waals surface area contributed by atoms with Crippen molar-refractivity contribution >= 4 is 79.3 Å². The van der Waals surface area contributed by atoms with E-state index in [2.05, 4.69) is 73.9 Å². The quantitative estimate of drug-likeness (QED) is 0.113. The average Bonchev–Trinajstić information content (AvgIpc) is 3.80. The van der Waals surface area contributed by atoms with Crippen molar-refractivity contribution in [3.63, 3.8) is 0 Å². The maximum atomic E-state index is 12.5. The van der Waals surface area contributed by atoms with E-state index in [1.165, 1.54) is 12.7 Å². The van der Waals surface area contributed by atoms with Crippen molar-refractivity contribution in [2.24, 2.45) is 5.92 Å². The summed E-state index contributed by atoms with van der Waals surface area (Å²) < 4.78 is 35.5. The molecular weight excluding hydrogens is 775 g/mol. The van der Waals surface area contributed by atoms with E-state index in [9.17, 15) is 14.6 Å². The highest BCUT2D eigenvalue weighted by atomic mass is 32.5. The van der Waals surface area contributed by atoms with E-state index in [0.29, 0.717) is 11.2 Å². The van der Waals surface area contributed by atoms with E-state index < -0.39 is 75.9 Å². The van der Waals surface area contributed by atoms with Gasteiger partial charge in [-0.25, -0.2) is 30.1 Å². The summed E-state index contributed by atoms with van der Waals surface area (Å²) in [4.78, 5) is 59.6. The molecule has 4 aromatic rings. The van der Waals surface area contributed by atoms with Crippen LogP contribution >= 0.6 is 13.3 Å². The van der Waals surface area contributed by atoms with Gasteiger partial charge < -0.3 is 44.2 Å². The highest BCUT2D eigenvalue weighted by Gasteiger charge is 2.54. The second-order valence-corrected chi connectivity index (χ2v) is 25.5. The highest BCUT2D eigenvalue weighted by molar-refractivity contribution is 8.08. The summed E-state index contributed by atoms with van der Waals surface area (Å²) in [6.45, 7) is 4.36. The monoisotopic (exact) mass is 816 g/mol. The molecule has 0 aromatic carbocycles. The predicted molar refractivity (Wildman–Crippen MR) is 200 cm³/mol. The lowest BCUT2D eigenvalue weighted by atomic mass is 10.00. The van der Waals surface area contributed by atoms with Crippen LogP contribution in [-0.4, -0.2) is 101 Å². The summed E-state index contributed by atoms with van der Waals surface area (Å²) in [5, 5.41) is 6.02. The molecule has 0 aliphatic carbocycles. The molecule has 7 rings (SSSR count). The van der Waals surface area contributed by atoms with Crippen LogP contribution in [0.25, 0.3) is 22.3 Å². The Hall–Kier alpha value is -2.34. The third-order valence-electron chi connectivity index (χ3n) is 10.2. The van der Waals surface area contributed by atoms with Crippen molar-refractivity contribution in [2.75, 3.05) is 24.7 Å². The molecule has 10 atom stereocenters. The first-order chi connectivity index (χ1) is 24.3. The number of aromatic nitrogens is 8. The van der Waals surface area contributed by atoms with Crippen LogP contribution in [0, 0.1) is 5.92 Å². The minimum absolute atomic E-state index is 0.0738. The Labute approximate surface area is 308 Å². The van der Waals surface area contributed by atoms with E-state index in [1.54, 1.807) is 15.5 Å². The van der Waals surface area contributed by atoms with Crippen molar-refractivity contribution in [1.82, 2.24) is 49.2 Å². The Morgan fingerprint density at radius 3 is 2.15 bits per heavy atom. The number of fused-ring (bicyclic) bond motifs is 4. The first-order valence-electron chi connectivity index (χ1n) is 16.4. The fourth-order valence-corrected chi connectivity index (χ4v) is 11.2. The molecule has 3 fully saturated rings. The number of hydrogen-bond acceptors (Lipinski definition) is 15. The topological polar surface area (TPSA) is 270 Å². The van der Waals surface area contributed by atoms with Gasteiger partial charge in [-0.1, -0.05) is 27.7 Å². The molecule has 0 saturated carbocycles. The first-order valence-corrected chi connectivity index (χ1v) is 24.6. The Morgan fingerprint density at radius 1 is 0.923 bits per heavy atom. The van der Waals surface area contributed by atoms with Crippen LogP contribution in [0.15, 0.2) is 23.8 Å². The summed E-state index contributed by atoms with van der Waals surface area (Å²) >= 11 is 11.3. The second kappa shape index (κ2) is 13.4. The smallest absolute Gasteiger partial charge is 0.280 e. The van der Waals surface area contributed by atoms with Gasteiger partial charge >= 0.3 is 0 Å². The van der Waals surface area contributed by atoms with Gasteiger partial charge in [0.2, 0.25) is 5.95 Å². The molecule has 20 nitrogen and oxygen atoms in total. The molecule has 25 heteroatoms. The number of H-pyrrole nitrogens is 1. The van der Waals surface area contributed by atoms with E-state index in [4.69, 9.17) is 58.0 Å². The summed E-state index contributed by atoms with van der Waals surface area (Å²) in [5.41, 5.74) is 12.5. The molecule has 4 aromatic heterocycles. The molecule has 3 aliphatic rings. The van der Waals surface area contributed by atoms with Gasteiger partial charge in [0.05, 0.1) is 38.0 Å². The number of rotatable bonds is 4. The van der Waals surface area contributed by atoms with Gasteiger partial charge in [0.15, 0.2) is 37.2 Å². The number of aromatic amines is 1. The SMILES string of the molecule is C[C@@H]1[C@@H]2NP(O)(=S)OC[C@H]3O[C@@H](n4cnc5c(N)ncnc54)[C@H](O[Si](C)(C)C(C)(C)C)[C@@H]3NP(O)(=S)OC[C@H]2O[C@H]1n1cnc2c(=O)[nH]c(N)nc21. The van der Waals surface area contributed by atoms with Crippen molar-refractivity contribution < 1.29 is 32.7 Å². The molecule has 2 unspecified atom stereocenters. The fraction of sp³-hybridized carbons (Fsp3) is 0.630. The molecule has 0 amide bonds. The zero-order chi connectivity index (χ0) is 37.5. The highest BCUT2D eigenvalue weighted by Crippen LogP contribution is 2.50. The van der Waals surface area contributed by atoms with Crippen LogP contribution in [0.2, 0.25) is 18.1 Å². The average molecular weight is 817 g/mol. The summed E-state index contributed by atoms with van der Waals surface area (Å²) in [5.74, 6) is -0.319. The molecule has 284 valence electrons. The van der Waals surface area contributed by atoms with Crippen LogP contribution in [0.4, 0.5) is 11.8 Å². The summed E-state index contributed by atoms with van der Waals surface area (Å²) in [7, 11) is -2.54. The lowest BCUT2D eigenvalue weighted by Crippen LogP contribution is -2.53. The van der Waals surface area contributed by atoms with Gasteiger partial charge in [0.1, 0.15) is 36.4 Å². The number of anilines is 2. The van der Waals surface area contributed by atoms with E-state index in [0.717, 1.165) is 0 Å². The zero-order valence-electron chi connectivity index (χ0n) is 29.1. The largest absolute Gasteiger partial charge is 0.408 e. The minimum atomic E-state index is -3.81. The van der Waals surface area contributed by atoms with Crippen LogP contribution in [0.1, 0.15) is 40.2 Å². The molecule has 0 spiro atoms. The van der Waals surface area contributed by atoms with Crippen molar-refractivity contribution in [1.29, 1.82) is 0 Å². The van der Waals surface area contributed by atoms with Crippen molar-refractivity contribution in [2.45, 2.75) is 88.7 Å². The van der Waals surface area contributed by atoms with Crippen molar-refractivity contribution in [3.05, 3.63) is 29.3 Å². The van der Waals surface area contributed by atoms with Crippen LogP contribution in [0.5, 0.6) is 0 Å².